The van der Waals surface area contributed by atoms with Crippen LogP contribution in [0.5, 0.6) is 0 Å². The summed E-state index contributed by atoms with van der Waals surface area (Å²) in [6.45, 7) is 10.6. The van der Waals surface area contributed by atoms with Crippen molar-refractivity contribution in [2.24, 2.45) is 0 Å². The molecule has 1 heterocycles. The lowest BCUT2D eigenvalue weighted by atomic mass is 9.81. The van der Waals surface area contributed by atoms with Gasteiger partial charge in [-0.15, -0.1) is 0 Å². The van der Waals surface area contributed by atoms with E-state index in [1.807, 2.05) is 0 Å². The lowest BCUT2D eigenvalue weighted by molar-refractivity contribution is 0.528. The summed E-state index contributed by atoms with van der Waals surface area (Å²) >= 11 is 0. The second kappa shape index (κ2) is 4.34. The molecule has 1 aromatic carbocycles. The van der Waals surface area contributed by atoms with Crippen molar-refractivity contribution in [1.82, 2.24) is 5.32 Å². The van der Waals surface area contributed by atoms with Crippen molar-refractivity contribution in [2.75, 3.05) is 6.54 Å². The summed E-state index contributed by atoms with van der Waals surface area (Å²) in [5.41, 5.74) is 5.68. The number of nitrogens with one attached hydrogen (secondary N) is 1. The Labute approximate surface area is 106 Å². The van der Waals surface area contributed by atoms with Crippen LogP contribution < -0.4 is 5.32 Å². The van der Waals surface area contributed by atoms with Gasteiger partial charge in [0.1, 0.15) is 0 Å². The van der Waals surface area contributed by atoms with E-state index in [1.165, 1.54) is 11.3 Å². The molecule has 92 valence electrons. The topological polar surface area (TPSA) is 12.0 Å². The molecule has 0 spiro atoms. The van der Waals surface area contributed by atoms with E-state index in [1.54, 1.807) is 0 Å². The zero-order valence-corrected chi connectivity index (χ0v) is 12.4. The number of hydrogen-bond acceptors (Lipinski definition) is 1. The molecule has 1 N–H and O–H groups in total. The molecule has 1 aromatic rings. The lowest BCUT2D eigenvalue weighted by Gasteiger charge is -2.22. The zero-order valence-electron chi connectivity index (χ0n) is 11.4. The number of benzene rings is 1. The third-order valence-corrected chi connectivity index (χ3v) is 4.58. The Hall–Kier alpha value is -1.02. The Morgan fingerprint density at radius 2 is 1.82 bits per heavy atom. The van der Waals surface area contributed by atoms with Crippen molar-refractivity contribution in [3.05, 3.63) is 47.3 Å². The third-order valence-electron chi connectivity index (χ3n) is 3.36. The molecule has 1 aliphatic heterocycles. The van der Waals surface area contributed by atoms with Crippen LogP contribution in [0.1, 0.15) is 18.9 Å². The fraction of sp³-hybridized carbons (Fsp3) is 0.467. The molecule has 1 atom stereocenters. The predicted octanol–water partition coefficient (Wildman–Crippen LogP) is 3.70. The standard InChI is InChI=1S/C15H23NSi/c1-15(13-8-6-5-7-9-13)10-14(16-12-15)11-17(2,3)4/h5-9,11,16H,10,12H2,1-4H3/b14-11-. The van der Waals surface area contributed by atoms with E-state index in [2.05, 4.69) is 67.9 Å². The first-order chi connectivity index (χ1) is 7.89. The molecule has 0 aliphatic carbocycles. The molecule has 0 saturated carbocycles. The van der Waals surface area contributed by atoms with Gasteiger partial charge >= 0.3 is 0 Å². The average Bonchev–Trinajstić information content (AvgIpc) is 2.60. The number of hydrogen-bond donors (Lipinski definition) is 1. The fourth-order valence-corrected chi connectivity index (χ4v) is 3.77. The van der Waals surface area contributed by atoms with Crippen molar-refractivity contribution < 1.29 is 0 Å². The van der Waals surface area contributed by atoms with Crippen LogP contribution >= 0.6 is 0 Å². The summed E-state index contributed by atoms with van der Waals surface area (Å²) in [6, 6.07) is 10.9. The summed E-state index contributed by atoms with van der Waals surface area (Å²) in [7, 11) is -1.11. The molecule has 1 fully saturated rings. The molecular weight excluding hydrogens is 222 g/mol. The Bertz CT molecular complexity index is 416. The van der Waals surface area contributed by atoms with Crippen LogP contribution in [-0.2, 0) is 5.41 Å². The van der Waals surface area contributed by atoms with Gasteiger partial charge in [0.25, 0.3) is 0 Å². The lowest BCUT2D eigenvalue weighted by Crippen LogP contribution is -2.24. The highest BCUT2D eigenvalue weighted by molar-refractivity contribution is 6.81. The Morgan fingerprint density at radius 1 is 1.18 bits per heavy atom. The first-order valence-corrected chi connectivity index (χ1v) is 9.98. The molecule has 2 heteroatoms. The van der Waals surface area contributed by atoms with E-state index >= 15 is 0 Å². The second-order valence-electron chi connectivity index (χ2n) is 6.49. The monoisotopic (exact) mass is 245 g/mol. The van der Waals surface area contributed by atoms with E-state index in [0.717, 1.165) is 13.0 Å². The van der Waals surface area contributed by atoms with Gasteiger partial charge in [-0.3, -0.25) is 0 Å². The maximum absolute atomic E-state index is 3.60. The van der Waals surface area contributed by atoms with Crippen LogP contribution in [0.15, 0.2) is 41.7 Å². The Kier molecular flexibility index (Phi) is 3.17. The first kappa shape index (κ1) is 12.4. The van der Waals surface area contributed by atoms with Crippen LogP contribution in [0.4, 0.5) is 0 Å². The van der Waals surface area contributed by atoms with Gasteiger partial charge in [0.2, 0.25) is 0 Å². The van der Waals surface area contributed by atoms with Crippen molar-refractivity contribution in [1.29, 1.82) is 0 Å². The Balaban J connectivity index is 2.20. The highest BCUT2D eigenvalue weighted by Crippen LogP contribution is 2.34. The normalized spacial score (nSPS) is 27.2. The zero-order chi connectivity index (χ0) is 12.5. The largest absolute Gasteiger partial charge is 0.388 e. The SMILES string of the molecule is CC1(c2ccccc2)CN/C(=C\[Si](C)(C)C)C1. The van der Waals surface area contributed by atoms with E-state index < -0.39 is 8.07 Å². The summed E-state index contributed by atoms with van der Waals surface area (Å²) in [6.07, 6.45) is 1.15. The van der Waals surface area contributed by atoms with Gasteiger partial charge in [-0.1, -0.05) is 62.6 Å². The average molecular weight is 245 g/mol. The Morgan fingerprint density at radius 3 is 2.41 bits per heavy atom. The summed E-state index contributed by atoms with van der Waals surface area (Å²) in [4.78, 5) is 0. The van der Waals surface area contributed by atoms with E-state index in [4.69, 9.17) is 0 Å². The number of rotatable bonds is 2. The number of allylic oxidation sites excluding steroid dienone is 1. The van der Waals surface area contributed by atoms with Gasteiger partial charge < -0.3 is 5.32 Å². The van der Waals surface area contributed by atoms with E-state index in [-0.39, 0.29) is 5.41 Å². The molecule has 1 nitrogen and oxygen atoms in total. The summed E-state index contributed by atoms with van der Waals surface area (Å²) in [5.74, 6) is 0. The molecule has 0 amide bonds. The van der Waals surface area contributed by atoms with Gasteiger partial charge in [-0.2, -0.15) is 0 Å². The molecular formula is C15H23NSi. The fourth-order valence-electron chi connectivity index (χ4n) is 2.52. The molecule has 1 unspecified atom stereocenters. The maximum Gasteiger partial charge on any atom is 0.0709 e. The maximum atomic E-state index is 3.60. The first-order valence-electron chi connectivity index (χ1n) is 6.40. The van der Waals surface area contributed by atoms with Crippen LogP contribution in [0.25, 0.3) is 0 Å². The van der Waals surface area contributed by atoms with Crippen LogP contribution in [0.2, 0.25) is 19.6 Å². The minimum atomic E-state index is -1.11. The van der Waals surface area contributed by atoms with Gasteiger partial charge in [0.05, 0.1) is 8.07 Å². The van der Waals surface area contributed by atoms with Crippen LogP contribution in [0, 0.1) is 0 Å². The quantitative estimate of drug-likeness (QED) is 0.783. The molecule has 0 radical (unpaired) electrons. The smallest absolute Gasteiger partial charge is 0.0709 e. The van der Waals surface area contributed by atoms with Crippen molar-refractivity contribution in [3.63, 3.8) is 0 Å². The molecule has 1 saturated heterocycles. The van der Waals surface area contributed by atoms with Gasteiger partial charge in [-0.05, 0) is 12.0 Å². The van der Waals surface area contributed by atoms with Gasteiger partial charge in [-0.25, -0.2) is 0 Å². The van der Waals surface area contributed by atoms with Gasteiger partial charge in [0, 0.05) is 17.7 Å². The van der Waals surface area contributed by atoms with Crippen molar-refractivity contribution in [3.8, 4) is 0 Å². The highest BCUT2D eigenvalue weighted by atomic mass is 28.3. The summed E-state index contributed by atoms with van der Waals surface area (Å²) in [5, 5.41) is 3.60. The van der Waals surface area contributed by atoms with Crippen molar-refractivity contribution in [2.45, 2.75) is 38.4 Å². The highest BCUT2D eigenvalue weighted by Gasteiger charge is 2.33. The molecule has 1 aliphatic rings. The molecule has 0 bridgehead atoms. The molecule has 2 rings (SSSR count). The van der Waals surface area contributed by atoms with Crippen LogP contribution in [-0.4, -0.2) is 14.6 Å². The second-order valence-corrected chi connectivity index (χ2v) is 11.5. The van der Waals surface area contributed by atoms with E-state index in [9.17, 15) is 0 Å². The minimum Gasteiger partial charge on any atom is -0.388 e. The summed E-state index contributed by atoms with van der Waals surface area (Å²) < 4.78 is 0. The third kappa shape index (κ3) is 3.00. The molecule has 0 aromatic heterocycles. The molecule has 17 heavy (non-hydrogen) atoms. The van der Waals surface area contributed by atoms with Gasteiger partial charge in [0.15, 0.2) is 0 Å². The predicted molar refractivity (Wildman–Crippen MR) is 77.8 cm³/mol. The minimum absolute atomic E-state index is 0.271. The van der Waals surface area contributed by atoms with E-state index in [0.29, 0.717) is 0 Å². The van der Waals surface area contributed by atoms with Crippen LogP contribution in [0.3, 0.4) is 0 Å². The van der Waals surface area contributed by atoms with Crippen molar-refractivity contribution >= 4 is 8.07 Å².